The molecule has 31 heavy (non-hydrogen) atoms. The van der Waals surface area contributed by atoms with Crippen LogP contribution in [-0.2, 0) is 19.2 Å². The molecule has 7 N–H and O–H groups in total. The first-order valence-corrected chi connectivity index (χ1v) is 9.78. The number of carbonyl (C=O) groups excluding carboxylic acids is 3. The summed E-state index contributed by atoms with van der Waals surface area (Å²) in [7, 11) is 5.53. The Bertz CT molecular complexity index is 823. The molecule has 1 aromatic rings. The van der Waals surface area contributed by atoms with Gasteiger partial charge in [-0.05, 0) is 18.6 Å². The standard InChI is InChI=1S/C17H21BN4O8S/c18-9-1-3-10(4-2-9)22(30)17(29)31-8-12(15(26)20-7-14(24)25)21-13(23)6-5-11(19)16(27)28/h1-4,11-12,30H,5-8,19H2,(H,20,26)(H,21,23)(H,24,25)(H,27,28). The van der Waals surface area contributed by atoms with Crippen molar-refractivity contribution in [2.24, 2.45) is 5.73 Å². The van der Waals surface area contributed by atoms with Crippen molar-refractivity contribution < 1.29 is 39.4 Å². The molecule has 0 fully saturated rings. The highest BCUT2D eigenvalue weighted by atomic mass is 32.2. The van der Waals surface area contributed by atoms with Crippen LogP contribution in [0.25, 0.3) is 0 Å². The van der Waals surface area contributed by atoms with Crippen molar-refractivity contribution in [2.45, 2.75) is 24.9 Å². The zero-order chi connectivity index (χ0) is 23.6. The van der Waals surface area contributed by atoms with Crippen LogP contribution in [0.15, 0.2) is 24.3 Å². The number of hydroxylamine groups is 1. The third-order valence-electron chi connectivity index (χ3n) is 3.75. The molecule has 166 valence electrons. The first kappa shape index (κ1) is 25.9. The highest BCUT2D eigenvalue weighted by molar-refractivity contribution is 8.13. The molecule has 0 bridgehead atoms. The maximum Gasteiger partial charge on any atom is 0.322 e. The van der Waals surface area contributed by atoms with Crippen molar-refractivity contribution in [1.29, 1.82) is 0 Å². The summed E-state index contributed by atoms with van der Waals surface area (Å²) in [6.45, 7) is -0.717. The molecule has 12 nitrogen and oxygen atoms in total. The number of hydrogen-bond acceptors (Lipinski definition) is 8. The summed E-state index contributed by atoms with van der Waals surface area (Å²) in [5.41, 5.74) is 5.85. The zero-order valence-corrected chi connectivity index (χ0v) is 17.0. The Kier molecular flexibility index (Phi) is 10.5. The quantitative estimate of drug-likeness (QED) is 0.129. The second-order valence-corrected chi connectivity index (χ2v) is 7.17. The summed E-state index contributed by atoms with van der Waals surface area (Å²) in [6.07, 6.45) is -0.509. The largest absolute Gasteiger partial charge is 0.480 e. The third kappa shape index (κ3) is 9.50. The van der Waals surface area contributed by atoms with Gasteiger partial charge in [-0.1, -0.05) is 29.4 Å². The molecule has 14 heteroatoms. The van der Waals surface area contributed by atoms with Crippen molar-refractivity contribution in [1.82, 2.24) is 10.6 Å². The van der Waals surface area contributed by atoms with Crippen LogP contribution in [0, 0.1) is 0 Å². The van der Waals surface area contributed by atoms with Gasteiger partial charge in [0.15, 0.2) is 0 Å². The predicted molar refractivity (Wildman–Crippen MR) is 111 cm³/mol. The molecule has 0 saturated carbocycles. The lowest BCUT2D eigenvalue weighted by Gasteiger charge is -2.19. The van der Waals surface area contributed by atoms with Gasteiger partial charge in [-0.2, -0.15) is 5.06 Å². The molecule has 0 aliphatic carbocycles. The number of amides is 3. The van der Waals surface area contributed by atoms with Crippen LogP contribution in [0.2, 0.25) is 0 Å². The molecule has 2 radical (unpaired) electrons. The van der Waals surface area contributed by atoms with Gasteiger partial charge in [-0.3, -0.25) is 29.2 Å². The lowest BCUT2D eigenvalue weighted by atomic mass is 9.96. The number of carboxylic acids is 2. The van der Waals surface area contributed by atoms with Crippen LogP contribution in [0.3, 0.4) is 0 Å². The molecule has 2 unspecified atom stereocenters. The number of rotatable bonds is 11. The van der Waals surface area contributed by atoms with E-state index in [1.165, 1.54) is 24.3 Å². The van der Waals surface area contributed by atoms with E-state index in [1.807, 2.05) is 0 Å². The van der Waals surface area contributed by atoms with Gasteiger partial charge in [-0.25, -0.2) is 0 Å². The number of nitrogens with one attached hydrogen (secondary N) is 2. The minimum atomic E-state index is -1.33. The second-order valence-electron chi connectivity index (χ2n) is 6.20. The topological polar surface area (TPSA) is 199 Å². The molecule has 0 heterocycles. The fourth-order valence-electron chi connectivity index (χ4n) is 2.08. The fraction of sp³-hybridized carbons (Fsp3) is 0.353. The van der Waals surface area contributed by atoms with Crippen LogP contribution < -0.4 is 26.9 Å². The number of hydrogen-bond donors (Lipinski definition) is 6. The Balaban J connectivity index is 2.74. The van der Waals surface area contributed by atoms with Gasteiger partial charge in [0, 0.05) is 12.2 Å². The first-order chi connectivity index (χ1) is 14.5. The average Bonchev–Trinajstić information content (AvgIpc) is 2.72. The summed E-state index contributed by atoms with van der Waals surface area (Å²) in [6, 6.07) is 3.09. The van der Waals surface area contributed by atoms with Crippen molar-refractivity contribution in [3.8, 4) is 0 Å². The molecular weight excluding hydrogens is 431 g/mol. The van der Waals surface area contributed by atoms with Gasteiger partial charge in [0.25, 0.3) is 0 Å². The van der Waals surface area contributed by atoms with Gasteiger partial charge >= 0.3 is 17.2 Å². The number of thioether (sulfide) groups is 1. The summed E-state index contributed by atoms with van der Waals surface area (Å²) < 4.78 is 0. The van der Waals surface area contributed by atoms with Crippen molar-refractivity contribution in [3.05, 3.63) is 24.3 Å². The van der Waals surface area contributed by atoms with Crippen molar-refractivity contribution >= 4 is 59.8 Å². The Labute approximate surface area is 182 Å². The molecule has 0 saturated heterocycles. The van der Waals surface area contributed by atoms with E-state index in [-0.39, 0.29) is 24.3 Å². The van der Waals surface area contributed by atoms with Crippen LogP contribution in [0.1, 0.15) is 12.8 Å². The minimum absolute atomic E-state index is 0.116. The molecule has 3 amide bonds. The van der Waals surface area contributed by atoms with E-state index in [4.69, 9.17) is 23.8 Å². The molecule has 0 aliphatic rings. The number of benzene rings is 1. The van der Waals surface area contributed by atoms with Crippen molar-refractivity contribution in [3.63, 3.8) is 0 Å². The number of carboxylic acid groups (broad SMARTS) is 2. The summed E-state index contributed by atoms with van der Waals surface area (Å²) >= 11 is 0.489. The smallest absolute Gasteiger partial charge is 0.322 e. The van der Waals surface area contributed by atoms with E-state index in [9.17, 15) is 29.2 Å². The Morgan fingerprint density at radius 3 is 2.29 bits per heavy atom. The maximum atomic E-state index is 12.2. The lowest BCUT2D eigenvalue weighted by molar-refractivity contribution is -0.139. The SMILES string of the molecule is [B]c1ccc(N(O)C(=O)SCC(NC(=O)CCC(N)C(=O)O)C(=O)NCC(=O)O)cc1. The van der Waals surface area contributed by atoms with Crippen molar-refractivity contribution in [2.75, 3.05) is 17.4 Å². The van der Waals surface area contributed by atoms with Crippen LogP contribution in [0.5, 0.6) is 0 Å². The Hall–Kier alpha value is -3.10. The molecular formula is C17H21BN4O8S. The van der Waals surface area contributed by atoms with E-state index in [0.717, 1.165) is 0 Å². The molecule has 1 aromatic carbocycles. The number of nitrogens with zero attached hydrogens (tertiary/aromatic N) is 1. The van der Waals surface area contributed by atoms with Gasteiger partial charge in [0.1, 0.15) is 26.5 Å². The molecule has 1 rings (SSSR count). The summed E-state index contributed by atoms with van der Waals surface area (Å²) in [5, 5.41) is 31.2. The second kappa shape index (κ2) is 12.6. The van der Waals surface area contributed by atoms with E-state index in [0.29, 0.717) is 22.3 Å². The average molecular weight is 452 g/mol. The van der Waals surface area contributed by atoms with E-state index < -0.39 is 47.6 Å². The van der Waals surface area contributed by atoms with Crippen LogP contribution in [-0.4, -0.2) is 76.6 Å². The number of carbonyl (C=O) groups is 5. The van der Waals surface area contributed by atoms with E-state index in [1.54, 1.807) is 0 Å². The number of anilines is 1. The van der Waals surface area contributed by atoms with Crippen LogP contribution >= 0.6 is 11.8 Å². The molecule has 2 atom stereocenters. The Morgan fingerprint density at radius 1 is 1.13 bits per heavy atom. The Morgan fingerprint density at radius 2 is 1.74 bits per heavy atom. The highest BCUT2D eigenvalue weighted by Gasteiger charge is 2.25. The third-order valence-corrected chi connectivity index (χ3v) is 4.67. The predicted octanol–water partition coefficient (Wildman–Crippen LogP) is -1.59. The van der Waals surface area contributed by atoms with Gasteiger partial charge in [0.05, 0.1) is 5.69 Å². The molecule has 0 aromatic heterocycles. The minimum Gasteiger partial charge on any atom is -0.480 e. The van der Waals surface area contributed by atoms with Crippen LogP contribution in [0.4, 0.5) is 10.5 Å². The van der Waals surface area contributed by atoms with Gasteiger partial charge in [-0.15, -0.1) is 0 Å². The first-order valence-electron chi connectivity index (χ1n) is 8.79. The number of aliphatic carboxylic acids is 2. The highest BCUT2D eigenvalue weighted by Crippen LogP contribution is 2.17. The van der Waals surface area contributed by atoms with E-state index in [2.05, 4.69) is 10.6 Å². The van der Waals surface area contributed by atoms with E-state index >= 15 is 0 Å². The summed E-state index contributed by atoms with van der Waals surface area (Å²) in [4.78, 5) is 57.8. The summed E-state index contributed by atoms with van der Waals surface area (Å²) in [5.74, 6) is -4.56. The number of nitrogens with two attached hydrogens (primary N) is 1. The monoisotopic (exact) mass is 452 g/mol. The maximum absolute atomic E-state index is 12.2. The lowest BCUT2D eigenvalue weighted by Crippen LogP contribution is -2.50. The normalized spacial score (nSPS) is 12.3. The van der Waals surface area contributed by atoms with Gasteiger partial charge in [0.2, 0.25) is 11.8 Å². The van der Waals surface area contributed by atoms with Gasteiger partial charge < -0.3 is 26.6 Å². The fourth-order valence-corrected chi connectivity index (χ4v) is 2.85. The zero-order valence-electron chi connectivity index (χ0n) is 16.2. The molecule has 0 spiro atoms. The molecule has 0 aliphatic heterocycles.